The topological polar surface area (TPSA) is 69.7 Å². The Morgan fingerprint density at radius 1 is 1.06 bits per heavy atom. The minimum Gasteiger partial charge on any atom is -0.499 e. The maximum Gasteiger partial charge on any atom is 0.212 e. The lowest BCUT2D eigenvalue weighted by Crippen LogP contribution is -2.29. The summed E-state index contributed by atoms with van der Waals surface area (Å²) in [6, 6.07) is 12.1. The lowest BCUT2D eigenvalue weighted by atomic mass is 9.93. The molecule has 0 amide bonds. The average Bonchev–Trinajstić information content (AvgIpc) is 3.59. The Hall–Kier alpha value is -2.70. The first kappa shape index (κ1) is 24.9. The summed E-state index contributed by atoms with van der Waals surface area (Å²) in [4.78, 5) is 0. The van der Waals surface area contributed by atoms with E-state index in [1.165, 1.54) is 6.26 Å². The number of aliphatic hydroxyl groups excluding tert-OH is 1. The Balaban J connectivity index is 1.71. The van der Waals surface area contributed by atoms with E-state index in [1.54, 1.807) is 6.92 Å². The molecular formula is C27H36O6. The highest BCUT2D eigenvalue weighted by atomic mass is 16.7. The van der Waals surface area contributed by atoms with Gasteiger partial charge in [0.1, 0.15) is 11.9 Å². The first-order chi connectivity index (χ1) is 15.9. The molecule has 2 aromatic carbocycles. The number of fused-ring (bicyclic) bond motifs is 1. The number of hydrogen-bond donors (Lipinski definition) is 1. The van der Waals surface area contributed by atoms with Crippen molar-refractivity contribution in [1.29, 1.82) is 0 Å². The fraction of sp³-hybridized carbons (Fsp3) is 0.481. The molecule has 6 nitrogen and oxygen atoms in total. The molecule has 4 atom stereocenters. The van der Waals surface area contributed by atoms with E-state index in [0.29, 0.717) is 13.0 Å². The summed E-state index contributed by atoms with van der Waals surface area (Å²) in [6.45, 7) is 12.4. The van der Waals surface area contributed by atoms with Crippen LogP contribution in [0.1, 0.15) is 57.6 Å². The molecule has 0 spiro atoms. The largest absolute Gasteiger partial charge is 0.499 e. The zero-order chi connectivity index (χ0) is 23.8. The Bertz CT molecular complexity index is 909. The maximum atomic E-state index is 9.66. The number of para-hydroxylation sites is 1. The molecule has 0 aliphatic carbocycles. The van der Waals surface area contributed by atoms with Crippen LogP contribution >= 0.6 is 0 Å². The summed E-state index contributed by atoms with van der Waals surface area (Å²) in [5, 5.41) is 9.66. The Morgan fingerprint density at radius 2 is 1.85 bits per heavy atom. The van der Waals surface area contributed by atoms with Crippen molar-refractivity contribution in [2.45, 2.75) is 71.4 Å². The van der Waals surface area contributed by atoms with E-state index in [1.807, 2.05) is 31.2 Å². The van der Waals surface area contributed by atoms with Crippen molar-refractivity contribution in [3.63, 3.8) is 0 Å². The zero-order valence-corrected chi connectivity index (χ0v) is 20.1. The minimum atomic E-state index is -0.584. The Kier molecular flexibility index (Phi) is 9.03. The van der Waals surface area contributed by atoms with Gasteiger partial charge in [-0.3, -0.25) is 0 Å². The van der Waals surface area contributed by atoms with Crippen LogP contribution in [-0.4, -0.2) is 36.8 Å². The molecule has 180 valence electrons. The van der Waals surface area contributed by atoms with Gasteiger partial charge in [0, 0.05) is 6.42 Å². The van der Waals surface area contributed by atoms with Crippen molar-refractivity contribution in [1.82, 2.24) is 0 Å². The van der Waals surface area contributed by atoms with Crippen molar-refractivity contribution < 1.29 is 28.8 Å². The van der Waals surface area contributed by atoms with Gasteiger partial charge in [0.05, 0.1) is 25.6 Å². The second kappa shape index (κ2) is 12.0. The monoisotopic (exact) mass is 456 g/mol. The van der Waals surface area contributed by atoms with Crippen LogP contribution in [0.4, 0.5) is 0 Å². The van der Waals surface area contributed by atoms with Gasteiger partial charge in [-0.2, -0.15) is 0 Å². The lowest BCUT2D eigenvalue weighted by Gasteiger charge is -2.25. The van der Waals surface area contributed by atoms with Gasteiger partial charge in [0.2, 0.25) is 12.0 Å². The van der Waals surface area contributed by atoms with E-state index in [9.17, 15) is 5.11 Å². The lowest BCUT2D eigenvalue weighted by molar-refractivity contribution is -0.119. The minimum absolute atomic E-state index is 0.133. The number of rotatable bonds is 15. The van der Waals surface area contributed by atoms with Gasteiger partial charge in [-0.1, -0.05) is 44.7 Å². The van der Waals surface area contributed by atoms with Crippen molar-refractivity contribution >= 4 is 0 Å². The zero-order valence-electron chi connectivity index (χ0n) is 20.1. The van der Waals surface area contributed by atoms with E-state index in [0.717, 1.165) is 47.0 Å². The van der Waals surface area contributed by atoms with E-state index >= 15 is 0 Å². The van der Waals surface area contributed by atoms with Crippen LogP contribution in [0.3, 0.4) is 0 Å². The van der Waals surface area contributed by atoms with Crippen LogP contribution in [-0.2, 0) is 15.9 Å². The molecule has 0 aromatic heterocycles. The molecule has 0 radical (unpaired) electrons. The summed E-state index contributed by atoms with van der Waals surface area (Å²) in [6.07, 6.45) is 2.42. The van der Waals surface area contributed by atoms with Gasteiger partial charge in [-0.25, -0.2) is 0 Å². The van der Waals surface area contributed by atoms with Crippen molar-refractivity contribution in [2.24, 2.45) is 0 Å². The molecule has 2 aromatic rings. The number of benzene rings is 2. The first-order valence-corrected chi connectivity index (χ1v) is 11.7. The van der Waals surface area contributed by atoms with Crippen LogP contribution in [0.5, 0.6) is 23.0 Å². The van der Waals surface area contributed by atoms with Gasteiger partial charge in [0.15, 0.2) is 11.5 Å². The van der Waals surface area contributed by atoms with E-state index < -0.39 is 12.4 Å². The molecule has 0 fully saturated rings. The number of hydrogen-bond acceptors (Lipinski definition) is 6. The molecule has 3 rings (SSSR count). The van der Waals surface area contributed by atoms with Crippen LogP contribution in [0, 0.1) is 0 Å². The van der Waals surface area contributed by atoms with Gasteiger partial charge < -0.3 is 28.8 Å². The Morgan fingerprint density at radius 3 is 2.58 bits per heavy atom. The molecule has 0 saturated carbocycles. The second-order valence-electron chi connectivity index (χ2n) is 8.55. The molecule has 0 bridgehead atoms. The fourth-order valence-electron chi connectivity index (χ4n) is 3.73. The summed E-state index contributed by atoms with van der Waals surface area (Å²) in [5.74, 6) is 3.57. The molecule has 4 unspecified atom stereocenters. The Labute approximate surface area is 197 Å². The second-order valence-corrected chi connectivity index (χ2v) is 8.55. The average molecular weight is 457 g/mol. The smallest absolute Gasteiger partial charge is 0.212 e. The van der Waals surface area contributed by atoms with Crippen molar-refractivity contribution in [3.05, 3.63) is 60.4 Å². The summed E-state index contributed by atoms with van der Waals surface area (Å²) >= 11 is 0. The third kappa shape index (κ3) is 7.14. The molecular weight excluding hydrogens is 420 g/mol. The van der Waals surface area contributed by atoms with Gasteiger partial charge in [0.25, 0.3) is 0 Å². The van der Waals surface area contributed by atoms with Gasteiger partial charge >= 0.3 is 0 Å². The van der Waals surface area contributed by atoms with Gasteiger partial charge in [-0.05, 0) is 55.9 Å². The van der Waals surface area contributed by atoms with E-state index in [4.69, 9.17) is 23.7 Å². The summed E-state index contributed by atoms with van der Waals surface area (Å²) < 4.78 is 29.0. The number of ether oxygens (including phenoxy) is 5. The van der Waals surface area contributed by atoms with Crippen molar-refractivity contribution in [2.75, 3.05) is 13.2 Å². The van der Waals surface area contributed by atoms with Crippen LogP contribution in [0.25, 0.3) is 0 Å². The van der Waals surface area contributed by atoms with Crippen molar-refractivity contribution in [3.8, 4) is 23.0 Å². The highest BCUT2D eigenvalue weighted by Gasteiger charge is 2.31. The standard InChI is InChI=1S/C27H36O6/c1-6-14-30-24-13-12-21(26-27(24)33-26)15-18(3)22-10-8-9-11-23(22)32-25(31-17-19(4)28)16-20(5)29-7-2/h7-13,18-20,25,28H,2,6,14-17H2,1,3-5H3. The summed E-state index contributed by atoms with van der Waals surface area (Å²) in [5.41, 5.74) is 2.24. The highest BCUT2D eigenvalue weighted by molar-refractivity contribution is 5.67. The highest BCUT2D eigenvalue weighted by Crippen LogP contribution is 2.55. The third-order valence-electron chi connectivity index (χ3n) is 5.39. The summed E-state index contributed by atoms with van der Waals surface area (Å²) in [7, 11) is 0. The predicted molar refractivity (Wildman–Crippen MR) is 128 cm³/mol. The quantitative estimate of drug-likeness (QED) is 0.173. The first-order valence-electron chi connectivity index (χ1n) is 11.7. The predicted octanol–water partition coefficient (Wildman–Crippen LogP) is 5.97. The molecule has 33 heavy (non-hydrogen) atoms. The SMILES string of the molecule is C=COC(C)CC(OCC(C)O)Oc1ccccc1C(C)Cc1ccc(OCCC)c2c1O2. The normalized spacial score (nSPS) is 15.4. The van der Waals surface area contributed by atoms with E-state index in [2.05, 4.69) is 32.6 Å². The van der Waals surface area contributed by atoms with Gasteiger partial charge in [-0.15, -0.1) is 0 Å². The third-order valence-corrected chi connectivity index (χ3v) is 5.39. The molecule has 1 N–H and O–H groups in total. The maximum absolute atomic E-state index is 9.66. The molecule has 0 saturated heterocycles. The fourth-order valence-corrected chi connectivity index (χ4v) is 3.73. The number of aliphatic hydroxyl groups is 1. The molecule has 1 heterocycles. The van der Waals surface area contributed by atoms with E-state index in [-0.39, 0.29) is 18.6 Å². The van der Waals surface area contributed by atoms with Crippen LogP contribution < -0.4 is 14.2 Å². The van der Waals surface area contributed by atoms with Crippen LogP contribution in [0.15, 0.2) is 49.2 Å². The molecule has 6 heteroatoms. The molecule has 1 aliphatic heterocycles. The molecule has 1 aliphatic rings. The van der Waals surface area contributed by atoms with Crippen LogP contribution in [0.2, 0.25) is 0 Å².